The van der Waals surface area contributed by atoms with E-state index in [9.17, 15) is 22.8 Å². The van der Waals surface area contributed by atoms with Crippen LogP contribution in [0, 0.1) is 5.92 Å². The number of halogens is 4. The predicted molar refractivity (Wildman–Crippen MR) is 85.8 cm³/mol. The molecule has 1 unspecified atom stereocenters. The second-order valence-electron chi connectivity index (χ2n) is 5.71. The highest BCUT2D eigenvalue weighted by atomic mass is 35.5. The van der Waals surface area contributed by atoms with Gasteiger partial charge in [-0.2, -0.15) is 13.2 Å². The van der Waals surface area contributed by atoms with Crippen LogP contribution in [0.3, 0.4) is 0 Å². The van der Waals surface area contributed by atoms with Crippen LogP contribution < -0.4 is 0 Å². The summed E-state index contributed by atoms with van der Waals surface area (Å²) >= 11 is 5.68. The number of hydrogen-bond donors (Lipinski definition) is 0. The van der Waals surface area contributed by atoms with Crippen LogP contribution in [-0.4, -0.2) is 36.0 Å². The summed E-state index contributed by atoms with van der Waals surface area (Å²) in [5, 5.41) is 0.287. The van der Waals surface area contributed by atoms with E-state index in [1.165, 1.54) is 35.2 Å². The molecule has 0 radical (unpaired) electrons. The first kappa shape index (κ1) is 19.3. The second kappa shape index (κ2) is 7.91. The number of ether oxygens (including phenoxy) is 1. The van der Waals surface area contributed by atoms with Crippen molar-refractivity contribution in [1.82, 2.24) is 4.90 Å². The van der Waals surface area contributed by atoms with E-state index in [0.29, 0.717) is 0 Å². The number of carbonyl (C=O) groups excluding carboxylic acids is 2. The van der Waals surface area contributed by atoms with Crippen molar-refractivity contribution in [3.8, 4) is 0 Å². The SMILES string of the molecule is C=CC(=O)N1CCC(C(=O)OC(c2ccc(Cl)cc2)C(F)(F)F)CC1. The van der Waals surface area contributed by atoms with E-state index in [0.717, 1.165) is 0 Å². The van der Waals surface area contributed by atoms with Gasteiger partial charge in [0.2, 0.25) is 12.0 Å². The van der Waals surface area contributed by atoms with E-state index < -0.39 is 24.2 Å². The van der Waals surface area contributed by atoms with Crippen molar-refractivity contribution in [1.29, 1.82) is 0 Å². The molecule has 0 spiro atoms. The minimum atomic E-state index is -4.73. The third kappa shape index (κ3) is 4.98. The molecule has 25 heavy (non-hydrogen) atoms. The lowest BCUT2D eigenvalue weighted by atomic mass is 9.96. The average molecular weight is 376 g/mol. The van der Waals surface area contributed by atoms with Crippen LogP contribution in [0.25, 0.3) is 0 Å². The highest BCUT2D eigenvalue weighted by molar-refractivity contribution is 6.30. The van der Waals surface area contributed by atoms with Gasteiger partial charge in [0.15, 0.2) is 0 Å². The van der Waals surface area contributed by atoms with Crippen molar-refractivity contribution in [2.45, 2.75) is 25.1 Å². The molecule has 0 saturated carbocycles. The van der Waals surface area contributed by atoms with Gasteiger partial charge in [-0.3, -0.25) is 9.59 Å². The van der Waals surface area contributed by atoms with Gasteiger partial charge in [0, 0.05) is 23.7 Å². The van der Waals surface area contributed by atoms with Gasteiger partial charge in [-0.1, -0.05) is 30.3 Å². The number of piperidine rings is 1. The lowest BCUT2D eigenvalue weighted by Gasteiger charge is -2.31. The molecule has 0 N–H and O–H groups in total. The van der Waals surface area contributed by atoms with Gasteiger partial charge < -0.3 is 9.64 Å². The van der Waals surface area contributed by atoms with E-state index >= 15 is 0 Å². The van der Waals surface area contributed by atoms with Crippen molar-refractivity contribution >= 4 is 23.5 Å². The quantitative estimate of drug-likeness (QED) is 0.592. The van der Waals surface area contributed by atoms with Crippen molar-refractivity contribution in [3.63, 3.8) is 0 Å². The molecule has 1 aliphatic rings. The third-order valence-electron chi connectivity index (χ3n) is 4.02. The number of carbonyl (C=O) groups is 2. The molecule has 1 heterocycles. The van der Waals surface area contributed by atoms with Crippen LogP contribution in [0.4, 0.5) is 13.2 Å². The summed E-state index contributed by atoms with van der Waals surface area (Å²) in [5.41, 5.74) is -0.190. The molecule has 4 nitrogen and oxygen atoms in total. The number of nitrogens with zero attached hydrogens (tertiary/aromatic N) is 1. The van der Waals surface area contributed by atoms with Crippen molar-refractivity contribution in [2.75, 3.05) is 13.1 Å². The molecule has 0 aliphatic carbocycles. The van der Waals surface area contributed by atoms with Crippen LogP contribution in [0.15, 0.2) is 36.9 Å². The van der Waals surface area contributed by atoms with E-state index in [-0.39, 0.29) is 42.4 Å². The first-order valence-electron chi connectivity index (χ1n) is 7.66. The van der Waals surface area contributed by atoms with E-state index in [1.807, 2.05) is 0 Å². The monoisotopic (exact) mass is 375 g/mol. The van der Waals surface area contributed by atoms with E-state index in [2.05, 4.69) is 6.58 Å². The minimum Gasteiger partial charge on any atom is -0.447 e. The Balaban J connectivity index is 2.04. The smallest absolute Gasteiger partial charge is 0.429 e. The summed E-state index contributed by atoms with van der Waals surface area (Å²) in [7, 11) is 0. The van der Waals surface area contributed by atoms with Gasteiger partial charge in [-0.05, 0) is 31.1 Å². The topological polar surface area (TPSA) is 46.6 Å². The summed E-state index contributed by atoms with van der Waals surface area (Å²) in [6.45, 7) is 3.94. The van der Waals surface area contributed by atoms with Gasteiger partial charge in [0.1, 0.15) is 0 Å². The van der Waals surface area contributed by atoms with Crippen molar-refractivity contribution < 1.29 is 27.5 Å². The maximum Gasteiger partial charge on any atom is 0.429 e. The van der Waals surface area contributed by atoms with Gasteiger partial charge >= 0.3 is 12.1 Å². The van der Waals surface area contributed by atoms with Crippen molar-refractivity contribution in [2.24, 2.45) is 5.92 Å². The van der Waals surface area contributed by atoms with Crippen LogP contribution in [0.5, 0.6) is 0 Å². The van der Waals surface area contributed by atoms with Crippen LogP contribution in [-0.2, 0) is 14.3 Å². The molecule has 2 rings (SSSR count). The second-order valence-corrected chi connectivity index (χ2v) is 6.15. The number of alkyl halides is 3. The maximum atomic E-state index is 13.3. The van der Waals surface area contributed by atoms with E-state index in [1.54, 1.807) is 0 Å². The lowest BCUT2D eigenvalue weighted by molar-refractivity contribution is -0.226. The molecule has 1 aromatic rings. The molecule has 0 bridgehead atoms. The molecular weight excluding hydrogens is 359 g/mol. The Labute approximate surface area is 148 Å². The van der Waals surface area contributed by atoms with Gasteiger partial charge in [0.25, 0.3) is 0 Å². The Kier molecular flexibility index (Phi) is 6.11. The molecule has 0 aromatic heterocycles. The Bertz CT molecular complexity index is 638. The summed E-state index contributed by atoms with van der Waals surface area (Å²) in [6, 6.07) is 4.98. The maximum absolute atomic E-state index is 13.3. The third-order valence-corrected chi connectivity index (χ3v) is 4.27. The van der Waals surface area contributed by atoms with Gasteiger partial charge in [0.05, 0.1) is 5.92 Å². The number of esters is 1. The molecule has 1 amide bonds. The molecule has 1 fully saturated rings. The molecule has 1 atom stereocenters. The van der Waals surface area contributed by atoms with Crippen LogP contribution in [0.2, 0.25) is 5.02 Å². The largest absolute Gasteiger partial charge is 0.447 e. The van der Waals surface area contributed by atoms with Crippen LogP contribution >= 0.6 is 11.6 Å². The molecule has 1 aliphatic heterocycles. The average Bonchev–Trinajstić information content (AvgIpc) is 2.59. The fourth-order valence-corrected chi connectivity index (χ4v) is 2.76. The first-order valence-corrected chi connectivity index (χ1v) is 8.04. The normalized spacial score (nSPS) is 17.0. The number of hydrogen-bond acceptors (Lipinski definition) is 3. The fraction of sp³-hybridized carbons (Fsp3) is 0.412. The summed E-state index contributed by atoms with van der Waals surface area (Å²) < 4.78 is 44.6. The number of amides is 1. The highest BCUT2D eigenvalue weighted by Crippen LogP contribution is 2.37. The summed E-state index contributed by atoms with van der Waals surface area (Å²) in [5.74, 6) is -1.85. The standard InChI is InChI=1S/C17H17ClF3NO3/c1-2-14(23)22-9-7-12(8-10-22)16(24)25-15(17(19,20)21)11-3-5-13(18)6-4-11/h2-6,12,15H,1,7-10H2. The Hall–Kier alpha value is -2.02. The first-order chi connectivity index (χ1) is 11.7. The number of rotatable bonds is 4. The van der Waals surface area contributed by atoms with E-state index in [4.69, 9.17) is 16.3 Å². The lowest BCUT2D eigenvalue weighted by Crippen LogP contribution is -2.40. The molecule has 1 aromatic carbocycles. The van der Waals surface area contributed by atoms with Gasteiger partial charge in [-0.15, -0.1) is 0 Å². The molecule has 1 saturated heterocycles. The summed E-state index contributed by atoms with van der Waals surface area (Å²) in [6.07, 6.45) is -5.40. The highest BCUT2D eigenvalue weighted by Gasteiger charge is 2.45. The zero-order chi connectivity index (χ0) is 18.6. The number of benzene rings is 1. The zero-order valence-electron chi connectivity index (χ0n) is 13.3. The molecular formula is C17H17ClF3NO3. The van der Waals surface area contributed by atoms with Crippen LogP contribution in [0.1, 0.15) is 24.5 Å². The van der Waals surface area contributed by atoms with Gasteiger partial charge in [-0.25, -0.2) is 0 Å². The molecule has 8 heteroatoms. The fourth-order valence-electron chi connectivity index (χ4n) is 2.64. The Morgan fingerprint density at radius 3 is 2.28 bits per heavy atom. The minimum absolute atomic E-state index is 0.190. The number of likely N-dealkylation sites (tertiary alicyclic amines) is 1. The van der Waals surface area contributed by atoms with Crippen molar-refractivity contribution in [3.05, 3.63) is 47.5 Å². The predicted octanol–water partition coefficient (Wildman–Crippen LogP) is 3.91. The Morgan fingerprint density at radius 1 is 1.24 bits per heavy atom. The summed E-state index contributed by atoms with van der Waals surface area (Å²) in [4.78, 5) is 25.2. The molecule has 136 valence electrons. The Morgan fingerprint density at radius 2 is 1.80 bits per heavy atom. The zero-order valence-corrected chi connectivity index (χ0v) is 14.0.